The summed E-state index contributed by atoms with van der Waals surface area (Å²) in [6.07, 6.45) is 3.49. The van der Waals surface area contributed by atoms with Crippen LogP contribution in [0.2, 0.25) is 0 Å². The third-order valence-electron chi connectivity index (χ3n) is 4.39. The highest BCUT2D eigenvalue weighted by molar-refractivity contribution is 5.76. The number of aliphatic carboxylic acids is 1. The summed E-state index contributed by atoms with van der Waals surface area (Å²) in [6, 6.07) is 8.00. The van der Waals surface area contributed by atoms with Gasteiger partial charge in [-0.25, -0.2) is 0 Å². The number of aryl methyl sites for hydroxylation is 1. The van der Waals surface area contributed by atoms with E-state index < -0.39 is 11.4 Å². The Labute approximate surface area is 108 Å². The van der Waals surface area contributed by atoms with Gasteiger partial charge in [-0.05, 0) is 30.9 Å². The van der Waals surface area contributed by atoms with Gasteiger partial charge in [0, 0.05) is 12.5 Å². The standard InChI is InChI=1S/C15H21NO2/c1-11-6-2-3-7-12(11)13(10-16)15(14(17)18)8-4-5-9-15/h2-3,6-7,13H,4-5,8-10,16H2,1H3,(H,17,18)/t13-/m0/s1. The summed E-state index contributed by atoms with van der Waals surface area (Å²) in [5.41, 5.74) is 7.50. The van der Waals surface area contributed by atoms with Gasteiger partial charge in [0.05, 0.1) is 5.41 Å². The first-order valence-electron chi connectivity index (χ1n) is 6.61. The lowest BCUT2D eigenvalue weighted by Crippen LogP contribution is -2.38. The molecule has 1 fully saturated rings. The molecular weight excluding hydrogens is 226 g/mol. The van der Waals surface area contributed by atoms with Gasteiger partial charge in [-0.3, -0.25) is 4.79 Å². The molecule has 0 bridgehead atoms. The number of benzene rings is 1. The molecule has 0 aliphatic heterocycles. The van der Waals surface area contributed by atoms with Gasteiger partial charge in [-0.2, -0.15) is 0 Å². The van der Waals surface area contributed by atoms with Crippen LogP contribution >= 0.6 is 0 Å². The van der Waals surface area contributed by atoms with Crippen molar-refractivity contribution in [2.24, 2.45) is 11.1 Å². The highest BCUT2D eigenvalue weighted by atomic mass is 16.4. The third-order valence-corrected chi connectivity index (χ3v) is 4.39. The van der Waals surface area contributed by atoms with E-state index in [0.717, 1.165) is 36.8 Å². The van der Waals surface area contributed by atoms with Gasteiger partial charge in [0.1, 0.15) is 0 Å². The summed E-state index contributed by atoms with van der Waals surface area (Å²) in [4.78, 5) is 11.8. The predicted octanol–water partition coefficient (Wildman–Crippen LogP) is 2.68. The van der Waals surface area contributed by atoms with Gasteiger partial charge >= 0.3 is 5.97 Å². The smallest absolute Gasteiger partial charge is 0.310 e. The van der Waals surface area contributed by atoms with Crippen molar-refractivity contribution in [3.63, 3.8) is 0 Å². The first kappa shape index (κ1) is 13.1. The average molecular weight is 247 g/mol. The van der Waals surface area contributed by atoms with Crippen LogP contribution in [0, 0.1) is 12.3 Å². The number of hydrogen-bond acceptors (Lipinski definition) is 2. The maximum Gasteiger partial charge on any atom is 0.310 e. The van der Waals surface area contributed by atoms with E-state index in [1.54, 1.807) is 0 Å². The Morgan fingerprint density at radius 1 is 1.39 bits per heavy atom. The molecule has 2 rings (SSSR count). The van der Waals surface area contributed by atoms with E-state index in [1.807, 2.05) is 31.2 Å². The number of rotatable bonds is 4. The van der Waals surface area contributed by atoms with E-state index >= 15 is 0 Å². The van der Waals surface area contributed by atoms with Crippen LogP contribution in [-0.2, 0) is 4.79 Å². The number of carboxylic acid groups (broad SMARTS) is 1. The first-order valence-corrected chi connectivity index (χ1v) is 6.61. The molecule has 3 heteroatoms. The van der Waals surface area contributed by atoms with Gasteiger partial charge in [-0.1, -0.05) is 37.1 Å². The van der Waals surface area contributed by atoms with Crippen molar-refractivity contribution in [3.05, 3.63) is 35.4 Å². The van der Waals surface area contributed by atoms with E-state index in [4.69, 9.17) is 5.73 Å². The van der Waals surface area contributed by atoms with E-state index in [2.05, 4.69) is 0 Å². The maximum absolute atomic E-state index is 11.8. The van der Waals surface area contributed by atoms with E-state index in [-0.39, 0.29) is 5.92 Å². The van der Waals surface area contributed by atoms with Crippen LogP contribution < -0.4 is 5.73 Å². The molecular formula is C15H21NO2. The zero-order valence-corrected chi connectivity index (χ0v) is 10.9. The van der Waals surface area contributed by atoms with Crippen molar-refractivity contribution in [2.75, 3.05) is 6.54 Å². The molecule has 1 saturated carbocycles. The molecule has 0 radical (unpaired) electrons. The highest BCUT2D eigenvalue weighted by Gasteiger charge is 2.48. The minimum absolute atomic E-state index is 0.0706. The number of carbonyl (C=O) groups is 1. The molecule has 0 amide bonds. The molecule has 0 spiro atoms. The van der Waals surface area contributed by atoms with Crippen LogP contribution in [0.25, 0.3) is 0 Å². The Balaban J connectivity index is 2.44. The minimum atomic E-state index is -0.682. The number of carboxylic acids is 1. The average Bonchev–Trinajstić information content (AvgIpc) is 2.83. The van der Waals surface area contributed by atoms with Crippen LogP contribution in [-0.4, -0.2) is 17.6 Å². The van der Waals surface area contributed by atoms with Crippen molar-refractivity contribution < 1.29 is 9.90 Å². The van der Waals surface area contributed by atoms with E-state index in [0.29, 0.717) is 6.54 Å². The fourth-order valence-electron chi connectivity index (χ4n) is 3.35. The molecule has 0 aromatic heterocycles. The summed E-state index contributed by atoms with van der Waals surface area (Å²) in [5.74, 6) is -0.752. The first-order chi connectivity index (χ1) is 8.62. The second kappa shape index (κ2) is 5.11. The Morgan fingerprint density at radius 2 is 2.00 bits per heavy atom. The molecule has 1 aliphatic carbocycles. The second-order valence-corrected chi connectivity index (χ2v) is 5.31. The van der Waals surface area contributed by atoms with Gasteiger partial charge in [-0.15, -0.1) is 0 Å². The lowest BCUT2D eigenvalue weighted by molar-refractivity contribution is -0.150. The normalized spacial score (nSPS) is 19.7. The van der Waals surface area contributed by atoms with Gasteiger partial charge in [0.25, 0.3) is 0 Å². The van der Waals surface area contributed by atoms with Crippen molar-refractivity contribution in [2.45, 2.75) is 38.5 Å². The van der Waals surface area contributed by atoms with E-state index in [9.17, 15) is 9.90 Å². The van der Waals surface area contributed by atoms with Crippen molar-refractivity contribution >= 4 is 5.97 Å². The van der Waals surface area contributed by atoms with Crippen molar-refractivity contribution in [1.82, 2.24) is 0 Å². The fraction of sp³-hybridized carbons (Fsp3) is 0.533. The van der Waals surface area contributed by atoms with Gasteiger partial charge < -0.3 is 10.8 Å². The van der Waals surface area contributed by atoms with Crippen molar-refractivity contribution in [3.8, 4) is 0 Å². The van der Waals surface area contributed by atoms with Crippen LogP contribution in [0.3, 0.4) is 0 Å². The zero-order chi connectivity index (χ0) is 13.2. The molecule has 3 N–H and O–H groups in total. The molecule has 1 aromatic carbocycles. The lowest BCUT2D eigenvalue weighted by atomic mass is 9.70. The topological polar surface area (TPSA) is 63.3 Å². The van der Waals surface area contributed by atoms with Crippen molar-refractivity contribution in [1.29, 1.82) is 0 Å². The largest absolute Gasteiger partial charge is 0.481 e. The number of nitrogens with two attached hydrogens (primary N) is 1. The van der Waals surface area contributed by atoms with E-state index in [1.165, 1.54) is 0 Å². The molecule has 18 heavy (non-hydrogen) atoms. The van der Waals surface area contributed by atoms with Gasteiger partial charge in [0.15, 0.2) is 0 Å². The summed E-state index contributed by atoms with van der Waals surface area (Å²) in [6.45, 7) is 2.43. The molecule has 1 atom stereocenters. The van der Waals surface area contributed by atoms with Crippen LogP contribution in [0.1, 0.15) is 42.7 Å². The van der Waals surface area contributed by atoms with Crippen LogP contribution in [0.4, 0.5) is 0 Å². The van der Waals surface area contributed by atoms with Crippen LogP contribution in [0.5, 0.6) is 0 Å². The zero-order valence-electron chi connectivity index (χ0n) is 10.9. The molecule has 3 nitrogen and oxygen atoms in total. The monoisotopic (exact) mass is 247 g/mol. The molecule has 0 saturated heterocycles. The molecule has 0 heterocycles. The maximum atomic E-state index is 11.8. The lowest BCUT2D eigenvalue weighted by Gasteiger charge is -2.34. The fourth-order valence-corrected chi connectivity index (χ4v) is 3.35. The highest BCUT2D eigenvalue weighted by Crippen LogP contribution is 2.49. The summed E-state index contributed by atoms with van der Waals surface area (Å²) in [7, 11) is 0. The molecule has 0 unspecified atom stereocenters. The third kappa shape index (κ3) is 2.03. The Kier molecular flexibility index (Phi) is 3.71. The van der Waals surface area contributed by atoms with Gasteiger partial charge in [0.2, 0.25) is 0 Å². The molecule has 1 aliphatic rings. The number of hydrogen-bond donors (Lipinski definition) is 2. The SMILES string of the molecule is Cc1ccccc1[C@H](CN)C1(C(=O)O)CCCC1. The minimum Gasteiger partial charge on any atom is -0.481 e. The Bertz CT molecular complexity index is 436. The summed E-state index contributed by atoms with van der Waals surface area (Å²) >= 11 is 0. The summed E-state index contributed by atoms with van der Waals surface area (Å²) in [5, 5.41) is 9.66. The predicted molar refractivity (Wildman–Crippen MR) is 71.5 cm³/mol. The summed E-state index contributed by atoms with van der Waals surface area (Å²) < 4.78 is 0. The van der Waals surface area contributed by atoms with Crippen LogP contribution in [0.15, 0.2) is 24.3 Å². The second-order valence-electron chi connectivity index (χ2n) is 5.31. The Morgan fingerprint density at radius 3 is 2.50 bits per heavy atom. The Hall–Kier alpha value is -1.35. The molecule has 98 valence electrons. The molecule has 1 aromatic rings. The quantitative estimate of drug-likeness (QED) is 0.859.